The lowest BCUT2D eigenvalue weighted by molar-refractivity contribution is -0.120. The molecule has 0 spiro atoms. The van der Waals surface area contributed by atoms with E-state index in [0.29, 0.717) is 18.0 Å². The van der Waals surface area contributed by atoms with Crippen LogP contribution < -0.4 is 10.2 Å². The van der Waals surface area contributed by atoms with Crippen molar-refractivity contribution in [3.63, 3.8) is 0 Å². The summed E-state index contributed by atoms with van der Waals surface area (Å²) in [5.74, 6) is 0.998. The maximum Gasteiger partial charge on any atom is 0.224 e. The normalized spacial score (nSPS) is 14.8. The Morgan fingerprint density at radius 2 is 1.84 bits per heavy atom. The fourth-order valence-corrected chi connectivity index (χ4v) is 3.29. The van der Waals surface area contributed by atoms with E-state index in [4.69, 9.17) is 11.6 Å². The summed E-state index contributed by atoms with van der Waals surface area (Å²) < 4.78 is 0. The molecule has 1 N–H and O–H groups in total. The maximum atomic E-state index is 12.1. The van der Waals surface area contributed by atoms with Gasteiger partial charge in [0.25, 0.3) is 0 Å². The van der Waals surface area contributed by atoms with Crippen LogP contribution in [0.25, 0.3) is 0 Å². The Morgan fingerprint density at radius 1 is 1.08 bits per heavy atom. The van der Waals surface area contributed by atoms with Crippen molar-refractivity contribution in [1.82, 2.24) is 10.3 Å². The summed E-state index contributed by atoms with van der Waals surface area (Å²) in [7, 11) is 0. The fraction of sp³-hybridized carbons (Fsp3) is 0.400. The molecule has 2 heterocycles. The van der Waals surface area contributed by atoms with Gasteiger partial charge < -0.3 is 10.2 Å². The molecule has 1 aromatic heterocycles. The van der Waals surface area contributed by atoms with Crippen molar-refractivity contribution in [3.05, 3.63) is 58.7 Å². The van der Waals surface area contributed by atoms with Gasteiger partial charge in [0.05, 0.1) is 6.42 Å². The molecule has 3 rings (SSSR count). The topological polar surface area (TPSA) is 45.2 Å². The van der Waals surface area contributed by atoms with Gasteiger partial charge in [0.2, 0.25) is 5.91 Å². The quantitative estimate of drug-likeness (QED) is 0.880. The number of nitrogens with one attached hydrogen (secondary N) is 1. The molecule has 25 heavy (non-hydrogen) atoms. The maximum absolute atomic E-state index is 12.1. The van der Waals surface area contributed by atoms with Crippen LogP contribution in [0.2, 0.25) is 5.02 Å². The van der Waals surface area contributed by atoms with Crippen LogP contribution in [0.5, 0.6) is 0 Å². The van der Waals surface area contributed by atoms with E-state index in [-0.39, 0.29) is 5.91 Å². The summed E-state index contributed by atoms with van der Waals surface area (Å²) in [6, 6.07) is 11.5. The fourth-order valence-electron chi connectivity index (χ4n) is 3.09. The minimum absolute atomic E-state index is 0.0373. The molecule has 1 saturated heterocycles. The number of benzene rings is 1. The van der Waals surface area contributed by atoms with E-state index in [2.05, 4.69) is 21.3 Å². The van der Waals surface area contributed by atoms with Gasteiger partial charge in [-0.3, -0.25) is 4.79 Å². The first kappa shape index (κ1) is 17.7. The molecule has 0 aliphatic carbocycles. The van der Waals surface area contributed by atoms with E-state index in [1.165, 1.54) is 25.7 Å². The second-order valence-corrected chi connectivity index (χ2v) is 6.88. The van der Waals surface area contributed by atoms with Gasteiger partial charge in [-0.25, -0.2) is 4.98 Å². The van der Waals surface area contributed by atoms with Crippen LogP contribution in [0.15, 0.2) is 42.6 Å². The highest BCUT2D eigenvalue weighted by molar-refractivity contribution is 6.31. The first-order valence-electron chi connectivity index (χ1n) is 8.92. The van der Waals surface area contributed by atoms with Gasteiger partial charge in [-0.1, -0.05) is 48.7 Å². The third kappa shape index (κ3) is 5.20. The average molecular weight is 358 g/mol. The van der Waals surface area contributed by atoms with Crippen molar-refractivity contribution >= 4 is 23.3 Å². The molecular formula is C20H24ClN3O. The molecule has 1 amide bonds. The van der Waals surface area contributed by atoms with Gasteiger partial charge in [-0.2, -0.15) is 0 Å². The average Bonchev–Trinajstić information content (AvgIpc) is 2.92. The molecule has 0 unspecified atom stereocenters. The first-order valence-corrected chi connectivity index (χ1v) is 9.30. The summed E-state index contributed by atoms with van der Waals surface area (Å²) in [6.07, 6.45) is 7.25. The molecule has 0 saturated carbocycles. The van der Waals surface area contributed by atoms with Crippen molar-refractivity contribution in [2.75, 3.05) is 18.0 Å². The monoisotopic (exact) mass is 357 g/mol. The highest BCUT2D eigenvalue weighted by atomic mass is 35.5. The zero-order valence-corrected chi connectivity index (χ0v) is 15.1. The van der Waals surface area contributed by atoms with Gasteiger partial charge in [-0.05, 0) is 36.1 Å². The number of carbonyl (C=O) groups excluding carboxylic acids is 1. The summed E-state index contributed by atoms with van der Waals surface area (Å²) in [5, 5.41) is 3.56. The molecule has 2 aromatic rings. The van der Waals surface area contributed by atoms with Crippen LogP contribution >= 0.6 is 11.6 Å². The van der Waals surface area contributed by atoms with Crippen LogP contribution in [0.1, 0.15) is 36.8 Å². The molecule has 0 radical (unpaired) electrons. The number of halogens is 1. The van der Waals surface area contributed by atoms with E-state index in [0.717, 1.165) is 30.0 Å². The molecule has 1 aromatic carbocycles. The molecule has 1 aliphatic heterocycles. The lowest BCUT2D eigenvalue weighted by Crippen LogP contribution is -2.26. The van der Waals surface area contributed by atoms with E-state index in [1.807, 2.05) is 30.5 Å². The van der Waals surface area contributed by atoms with Crippen LogP contribution in [-0.4, -0.2) is 24.0 Å². The van der Waals surface area contributed by atoms with Gasteiger partial charge >= 0.3 is 0 Å². The standard InChI is InChI=1S/C20H24ClN3O/c21-18-8-4-3-7-17(18)13-20(25)23-15-16-9-10-19(22-14-16)24-11-5-1-2-6-12-24/h3-4,7-10,14H,1-2,5-6,11-13,15H2,(H,23,25). The number of hydrogen-bond donors (Lipinski definition) is 1. The molecule has 0 atom stereocenters. The van der Waals surface area contributed by atoms with Gasteiger partial charge in [-0.15, -0.1) is 0 Å². The number of aromatic nitrogens is 1. The van der Waals surface area contributed by atoms with E-state index in [9.17, 15) is 4.79 Å². The largest absolute Gasteiger partial charge is 0.357 e. The number of pyridine rings is 1. The molecule has 1 aliphatic rings. The van der Waals surface area contributed by atoms with Gasteiger partial charge in [0.15, 0.2) is 0 Å². The Balaban J connectivity index is 1.51. The van der Waals surface area contributed by atoms with E-state index >= 15 is 0 Å². The van der Waals surface area contributed by atoms with Crippen molar-refractivity contribution in [1.29, 1.82) is 0 Å². The molecule has 1 fully saturated rings. The van der Waals surface area contributed by atoms with E-state index in [1.54, 1.807) is 6.07 Å². The number of anilines is 1. The Bertz CT molecular complexity index is 694. The Morgan fingerprint density at radius 3 is 2.52 bits per heavy atom. The molecule has 4 nitrogen and oxygen atoms in total. The molecule has 132 valence electrons. The third-order valence-corrected chi connectivity index (χ3v) is 4.91. The Kier molecular flexibility index (Phi) is 6.29. The Labute approximate surface area is 154 Å². The number of hydrogen-bond acceptors (Lipinski definition) is 3. The summed E-state index contributed by atoms with van der Waals surface area (Å²) >= 11 is 6.09. The molecule has 0 bridgehead atoms. The van der Waals surface area contributed by atoms with Gasteiger partial charge in [0, 0.05) is 30.9 Å². The summed E-state index contributed by atoms with van der Waals surface area (Å²) in [5.41, 5.74) is 1.85. The second-order valence-electron chi connectivity index (χ2n) is 6.47. The van der Waals surface area contributed by atoms with Gasteiger partial charge in [0.1, 0.15) is 5.82 Å². The molecular weight excluding hydrogens is 334 g/mol. The van der Waals surface area contributed by atoms with Crippen molar-refractivity contribution in [3.8, 4) is 0 Å². The zero-order valence-electron chi connectivity index (χ0n) is 14.4. The van der Waals surface area contributed by atoms with E-state index < -0.39 is 0 Å². The third-order valence-electron chi connectivity index (χ3n) is 4.54. The predicted molar refractivity (Wildman–Crippen MR) is 102 cm³/mol. The Hall–Kier alpha value is -2.07. The zero-order chi connectivity index (χ0) is 17.5. The minimum Gasteiger partial charge on any atom is -0.357 e. The SMILES string of the molecule is O=C(Cc1ccccc1Cl)NCc1ccc(N2CCCCCC2)nc1. The lowest BCUT2D eigenvalue weighted by Gasteiger charge is -2.21. The first-order chi connectivity index (χ1) is 12.2. The summed E-state index contributed by atoms with van der Waals surface area (Å²) in [4.78, 5) is 19.0. The number of amides is 1. The second kappa shape index (κ2) is 8.86. The highest BCUT2D eigenvalue weighted by Crippen LogP contribution is 2.18. The summed E-state index contributed by atoms with van der Waals surface area (Å²) in [6.45, 7) is 2.65. The molecule has 5 heteroatoms. The van der Waals surface area contributed by atoms with Crippen molar-refractivity contribution in [2.24, 2.45) is 0 Å². The number of carbonyl (C=O) groups is 1. The van der Waals surface area contributed by atoms with Crippen LogP contribution in [0.4, 0.5) is 5.82 Å². The van der Waals surface area contributed by atoms with Crippen LogP contribution in [0.3, 0.4) is 0 Å². The van der Waals surface area contributed by atoms with Crippen molar-refractivity contribution < 1.29 is 4.79 Å². The van der Waals surface area contributed by atoms with Crippen LogP contribution in [0, 0.1) is 0 Å². The smallest absolute Gasteiger partial charge is 0.224 e. The van der Waals surface area contributed by atoms with Crippen LogP contribution in [-0.2, 0) is 17.8 Å². The lowest BCUT2D eigenvalue weighted by atomic mass is 10.1. The number of nitrogens with zero attached hydrogens (tertiary/aromatic N) is 2. The predicted octanol–water partition coefficient (Wildman–Crippen LogP) is 3.97. The number of rotatable bonds is 5. The minimum atomic E-state index is -0.0373. The highest BCUT2D eigenvalue weighted by Gasteiger charge is 2.11. The van der Waals surface area contributed by atoms with Crippen molar-refractivity contribution in [2.45, 2.75) is 38.6 Å².